The SMILES string of the molecule is CC1(C)C(=O)N(Cc2coc(Cl)c2)c2cc(C(=O)Nc3c[nH]c4ccccc34)sc21. The standard InChI is InChI=1S/C22H18ClN3O3S/c1-22(2)19-16(26(21(22)28)10-12-7-18(23)29-11-12)8-17(30-19)20(27)25-15-9-24-14-6-4-3-5-13(14)15/h3-9,11,24H,10H2,1-2H3,(H,25,27). The molecule has 6 nitrogen and oxygen atoms in total. The van der Waals surface area contributed by atoms with Crippen LogP contribution in [0.1, 0.15) is 34.0 Å². The van der Waals surface area contributed by atoms with Crippen LogP contribution < -0.4 is 10.2 Å². The fourth-order valence-corrected chi connectivity index (χ4v) is 5.15. The van der Waals surface area contributed by atoms with Gasteiger partial charge in [-0.1, -0.05) is 18.2 Å². The van der Waals surface area contributed by atoms with Crippen LogP contribution in [0.4, 0.5) is 11.4 Å². The van der Waals surface area contributed by atoms with E-state index in [2.05, 4.69) is 10.3 Å². The number of nitrogens with one attached hydrogen (secondary N) is 2. The van der Waals surface area contributed by atoms with Gasteiger partial charge in [0.1, 0.15) is 0 Å². The Morgan fingerprint density at radius 2 is 2.10 bits per heavy atom. The molecule has 3 aromatic heterocycles. The van der Waals surface area contributed by atoms with Crippen molar-refractivity contribution >= 4 is 57.0 Å². The molecule has 4 heterocycles. The Morgan fingerprint density at radius 1 is 1.30 bits per heavy atom. The molecule has 0 spiro atoms. The van der Waals surface area contributed by atoms with Gasteiger partial charge in [0, 0.05) is 33.6 Å². The molecule has 4 aromatic rings. The molecule has 30 heavy (non-hydrogen) atoms. The fourth-order valence-electron chi connectivity index (χ4n) is 3.81. The molecule has 1 aliphatic heterocycles. The molecule has 0 radical (unpaired) electrons. The summed E-state index contributed by atoms with van der Waals surface area (Å²) in [5, 5.41) is 4.21. The molecule has 5 rings (SSSR count). The van der Waals surface area contributed by atoms with Gasteiger partial charge in [-0.05, 0) is 37.6 Å². The quantitative estimate of drug-likeness (QED) is 0.437. The summed E-state index contributed by atoms with van der Waals surface area (Å²) in [4.78, 5) is 32.3. The second-order valence-corrected chi connectivity index (χ2v) is 9.23. The average molecular weight is 440 g/mol. The summed E-state index contributed by atoms with van der Waals surface area (Å²) in [6.07, 6.45) is 3.32. The Balaban J connectivity index is 1.46. The van der Waals surface area contributed by atoms with E-state index in [0.29, 0.717) is 11.4 Å². The van der Waals surface area contributed by atoms with Crippen molar-refractivity contribution in [2.75, 3.05) is 10.2 Å². The molecule has 8 heteroatoms. The number of para-hydroxylation sites is 1. The minimum absolute atomic E-state index is 0.00957. The second-order valence-electron chi connectivity index (χ2n) is 7.80. The molecule has 0 saturated heterocycles. The maximum absolute atomic E-state index is 13.0. The van der Waals surface area contributed by atoms with Crippen molar-refractivity contribution in [1.29, 1.82) is 0 Å². The number of carbonyl (C=O) groups is 2. The van der Waals surface area contributed by atoms with E-state index in [9.17, 15) is 9.59 Å². The summed E-state index contributed by atoms with van der Waals surface area (Å²) in [6.45, 7) is 4.11. The summed E-state index contributed by atoms with van der Waals surface area (Å²) < 4.78 is 5.15. The highest BCUT2D eigenvalue weighted by atomic mass is 35.5. The van der Waals surface area contributed by atoms with E-state index in [1.54, 1.807) is 23.2 Å². The summed E-state index contributed by atoms with van der Waals surface area (Å²) in [7, 11) is 0. The lowest BCUT2D eigenvalue weighted by molar-refractivity contribution is -0.122. The maximum Gasteiger partial charge on any atom is 0.265 e. The zero-order valence-corrected chi connectivity index (χ0v) is 17.9. The lowest BCUT2D eigenvalue weighted by Gasteiger charge is -2.20. The molecule has 0 unspecified atom stereocenters. The number of aromatic nitrogens is 1. The molecule has 2 amide bonds. The summed E-state index contributed by atoms with van der Waals surface area (Å²) in [5.74, 6) is -0.210. The Labute approximate surface area is 181 Å². The van der Waals surface area contributed by atoms with Gasteiger partial charge >= 0.3 is 0 Å². The van der Waals surface area contributed by atoms with Crippen LogP contribution in [-0.4, -0.2) is 16.8 Å². The minimum atomic E-state index is -0.702. The predicted molar refractivity (Wildman–Crippen MR) is 119 cm³/mol. The van der Waals surface area contributed by atoms with Gasteiger partial charge in [-0.3, -0.25) is 9.59 Å². The van der Waals surface area contributed by atoms with E-state index in [1.165, 1.54) is 17.6 Å². The first-order chi connectivity index (χ1) is 14.3. The predicted octanol–water partition coefficient (Wildman–Crippen LogP) is 5.55. The van der Waals surface area contributed by atoms with E-state index >= 15 is 0 Å². The molecule has 0 aliphatic carbocycles. The van der Waals surface area contributed by atoms with Gasteiger partial charge in [0.25, 0.3) is 5.91 Å². The Hall–Kier alpha value is -3.03. The van der Waals surface area contributed by atoms with E-state index in [1.807, 2.05) is 38.1 Å². The zero-order valence-electron chi connectivity index (χ0n) is 16.3. The van der Waals surface area contributed by atoms with Crippen LogP contribution in [0.2, 0.25) is 5.22 Å². The van der Waals surface area contributed by atoms with Crippen LogP contribution in [0.15, 0.2) is 53.3 Å². The lowest BCUT2D eigenvalue weighted by atomic mass is 9.93. The molecule has 1 aliphatic rings. The number of furan rings is 1. The Kier molecular flexibility index (Phi) is 4.27. The van der Waals surface area contributed by atoms with Crippen molar-refractivity contribution in [2.45, 2.75) is 25.8 Å². The number of fused-ring (bicyclic) bond motifs is 2. The number of hydrogen-bond donors (Lipinski definition) is 2. The molecule has 1 aromatic carbocycles. The first-order valence-electron chi connectivity index (χ1n) is 9.41. The zero-order chi connectivity index (χ0) is 21.0. The van der Waals surface area contributed by atoms with Crippen LogP contribution in [0.3, 0.4) is 0 Å². The highest BCUT2D eigenvalue weighted by molar-refractivity contribution is 7.15. The second kappa shape index (κ2) is 6.75. The van der Waals surface area contributed by atoms with Crippen molar-refractivity contribution < 1.29 is 14.0 Å². The molecular formula is C22H18ClN3O3S. The number of hydrogen-bond acceptors (Lipinski definition) is 4. The highest BCUT2D eigenvalue weighted by Crippen LogP contribution is 2.47. The number of carbonyl (C=O) groups excluding carboxylic acids is 2. The third kappa shape index (κ3) is 2.93. The average Bonchev–Trinajstić information content (AvgIpc) is 3.46. The van der Waals surface area contributed by atoms with Crippen molar-refractivity contribution in [2.24, 2.45) is 0 Å². The molecule has 0 bridgehead atoms. The largest absolute Gasteiger partial charge is 0.453 e. The van der Waals surface area contributed by atoms with E-state index in [-0.39, 0.29) is 17.0 Å². The summed E-state index contributed by atoms with van der Waals surface area (Å²) in [5.41, 5.74) is 2.54. The number of halogens is 1. The van der Waals surface area contributed by atoms with E-state index < -0.39 is 5.41 Å². The fraction of sp³-hybridized carbons (Fsp3) is 0.182. The number of aromatic amines is 1. The molecule has 152 valence electrons. The van der Waals surface area contributed by atoms with Crippen LogP contribution in [-0.2, 0) is 16.8 Å². The van der Waals surface area contributed by atoms with Gasteiger partial charge in [0.05, 0.1) is 34.5 Å². The lowest BCUT2D eigenvalue weighted by Crippen LogP contribution is -2.35. The number of nitrogens with zero attached hydrogens (tertiary/aromatic N) is 1. The first-order valence-corrected chi connectivity index (χ1v) is 10.6. The normalized spacial score (nSPS) is 15.0. The van der Waals surface area contributed by atoms with E-state index in [0.717, 1.165) is 32.7 Å². The number of thiophene rings is 1. The van der Waals surface area contributed by atoms with Crippen LogP contribution in [0.25, 0.3) is 10.9 Å². The van der Waals surface area contributed by atoms with Crippen LogP contribution in [0.5, 0.6) is 0 Å². The Morgan fingerprint density at radius 3 is 2.87 bits per heavy atom. The van der Waals surface area contributed by atoms with Crippen molar-refractivity contribution in [3.05, 3.63) is 69.4 Å². The van der Waals surface area contributed by atoms with Gasteiger partial charge in [0.2, 0.25) is 5.91 Å². The topological polar surface area (TPSA) is 78.3 Å². The van der Waals surface area contributed by atoms with Gasteiger partial charge in [0.15, 0.2) is 5.22 Å². The van der Waals surface area contributed by atoms with Crippen molar-refractivity contribution in [3.8, 4) is 0 Å². The van der Waals surface area contributed by atoms with Gasteiger partial charge in [-0.15, -0.1) is 11.3 Å². The number of rotatable bonds is 4. The Bertz CT molecular complexity index is 1300. The van der Waals surface area contributed by atoms with Gasteiger partial charge < -0.3 is 19.6 Å². The third-order valence-corrected chi connectivity index (χ3v) is 7.02. The maximum atomic E-state index is 13.0. The summed E-state index contributed by atoms with van der Waals surface area (Å²) in [6, 6.07) is 11.3. The van der Waals surface area contributed by atoms with Gasteiger partial charge in [-0.25, -0.2) is 0 Å². The number of H-pyrrole nitrogens is 1. The smallest absolute Gasteiger partial charge is 0.265 e. The molecule has 0 saturated carbocycles. The molecule has 2 N–H and O–H groups in total. The highest BCUT2D eigenvalue weighted by Gasteiger charge is 2.46. The van der Waals surface area contributed by atoms with Crippen LogP contribution >= 0.6 is 22.9 Å². The minimum Gasteiger partial charge on any atom is -0.453 e. The van der Waals surface area contributed by atoms with Crippen molar-refractivity contribution in [1.82, 2.24) is 4.98 Å². The van der Waals surface area contributed by atoms with Crippen LogP contribution in [0, 0.1) is 0 Å². The van der Waals surface area contributed by atoms with E-state index in [4.69, 9.17) is 16.0 Å². The summed E-state index contributed by atoms with van der Waals surface area (Å²) >= 11 is 7.22. The number of anilines is 2. The third-order valence-electron chi connectivity index (χ3n) is 5.37. The van der Waals surface area contributed by atoms with Crippen molar-refractivity contribution in [3.63, 3.8) is 0 Å². The number of benzene rings is 1. The number of amides is 2. The molecule has 0 atom stereocenters. The molecule has 0 fully saturated rings. The monoisotopic (exact) mass is 439 g/mol. The molecular weight excluding hydrogens is 422 g/mol. The first kappa shape index (κ1) is 19.0. The van der Waals surface area contributed by atoms with Gasteiger partial charge in [-0.2, -0.15) is 0 Å².